The number of benzene rings is 2. The first-order chi connectivity index (χ1) is 13.2. The van der Waals surface area contributed by atoms with Crippen LogP contribution in [-0.2, 0) is 0 Å². The Kier molecular flexibility index (Phi) is 4.35. The van der Waals surface area contributed by atoms with Crippen molar-refractivity contribution in [1.82, 2.24) is 4.98 Å². The number of fused-ring (bicyclic) bond motifs is 1. The van der Waals surface area contributed by atoms with Crippen molar-refractivity contribution in [2.45, 2.75) is 12.5 Å². The minimum Gasteiger partial charge on any atom is -0.485 e. The molecule has 132 valence electrons. The van der Waals surface area contributed by atoms with Crippen molar-refractivity contribution in [3.63, 3.8) is 0 Å². The second-order valence-corrected chi connectivity index (χ2v) is 6.05. The van der Waals surface area contributed by atoms with Gasteiger partial charge in [0.25, 0.3) is 0 Å². The first kappa shape index (κ1) is 16.9. The second-order valence-electron chi connectivity index (χ2n) is 6.05. The van der Waals surface area contributed by atoms with Crippen molar-refractivity contribution in [3.8, 4) is 23.1 Å². The highest BCUT2D eigenvalue weighted by atomic mass is 19.1. The lowest BCUT2D eigenvalue weighted by Crippen LogP contribution is -2.21. The highest BCUT2D eigenvalue weighted by Gasteiger charge is 2.28. The molecule has 6 heteroatoms. The molecule has 1 aliphatic rings. The van der Waals surface area contributed by atoms with E-state index in [4.69, 9.17) is 10.00 Å². The molecule has 4 nitrogen and oxygen atoms in total. The molecule has 1 aromatic heterocycles. The van der Waals surface area contributed by atoms with Crippen molar-refractivity contribution in [2.75, 3.05) is 0 Å². The molecule has 0 bridgehead atoms. The van der Waals surface area contributed by atoms with Gasteiger partial charge in [0.05, 0.1) is 5.71 Å². The summed E-state index contributed by atoms with van der Waals surface area (Å²) in [5.41, 5.74) is 1.93. The van der Waals surface area contributed by atoms with Crippen molar-refractivity contribution in [3.05, 3.63) is 83.7 Å². The lowest BCUT2D eigenvalue weighted by atomic mass is 9.93. The number of hydrogen-bond donors (Lipinski definition) is 0. The Hall–Kier alpha value is -3.59. The zero-order valence-corrected chi connectivity index (χ0v) is 14.1. The molecule has 27 heavy (non-hydrogen) atoms. The monoisotopic (exact) mass is 361 g/mol. The smallest absolute Gasteiger partial charge is 0.220 e. The van der Waals surface area contributed by atoms with Gasteiger partial charge in [-0.3, -0.25) is 0 Å². The van der Waals surface area contributed by atoms with Crippen LogP contribution < -0.4 is 4.74 Å². The predicted octanol–water partition coefficient (Wildman–Crippen LogP) is 4.82. The van der Waals surface area contributed by atoms with E-state index in [1.807, 2.05) is 30.3 Å². The van der Waals surface area contributed by atoms with Gasteiger partial charge in [0.2, 0.25) is 12.1 Å². The van der Waals surface area contributed by atoms with Gasteiger partial charge in [0.15, 0.2) is 0 Å². The van der Waals surface area contributed by atoms with Crippen molar-refractivity contribution < 1.29 is 13.5 Å². The molecule has 2 heterocycles. The summed E-state index contributed by atoms with van der Waals surface area (Å²) >= 11 is 0. The lowest BCUT2D eigenvalue weighted by molar-refractivity contribution is 0.205. The van der Waals surface area contributed by atoms with E-state index < -0.39 is 11.8 Å². The molecule has 1 atom stereocenters. The topological polar surface area (TPSA) is 58.3 Å². The minimum absolute atomic E-state index is 0.0410. The molecular formula is C21H13F2N3O. The molecule has 0 aliphatic carbocycles. The van der Waals surface area contributed by atoms with Crippen LogP contribution in [-0.4, -0.2) is 10.7 Å². The van der Waals surface area contributed by atoms with Crippen LogP contribution in [0.4, 0.5) is 8.78 Å². The van der Waals surface area contributed by atoms with Gasteiger partial charge >= 0.3 is 0 Å². The average Bonchev–Trinajstić information content (AvgIpc) is 2.69. The first-order valence-electron chi connectivity index (χ1n) is 8.29. The SMILES string of the molecule is N#CN=C1CC(c2ccccc2)Oc2cc(F)c(-c3cccnc3F)cc21. The zero-order chi connectivity index (χ0) is 18.8. The predicted molar refractivity (Wildman–Crippen MR) is 96.2 cm³/mol. The van der Waals surface area contributed by atoms with E-state index in [2.05, 4.69) is 9.98 Å². The number of hydrogen-bond acceptors (Lipinski definition) is 4. The van der Waals surface area contributed by atoms with E-state index in [1.165, 1.54) is 30.5 Å². The fourth-order valence-corrected chi connectivity index (χ4v) is 3.17. The van der Waals surface area contributed by atoms with Crippen LogP contribution in [0, 0.1) is 23.2 Å². The summed E-state index contributed by atoms with van der Waals surface area (Å²) in [5.74, 6) is -1.13. The fourth-order valence-electron chi connectivity index (χ4n) is 3.17. The van der Waals surface area contributed by atoms with Gasteiger partial charge in [-0.2, -0.15) is 14.6 Å². The number of pyridine rings is 1. The summed E-state index contributed by atoms with van der Waals surface area (Å²) in [6, 6.07) is 15.1. The molecule has 0 fully saturated rings. The maximum Gasteiger partial charge on any atom is 0.220 e. The highest BCUT2D eigenvalue weighted by Crippen LogP contribution is 2.39. The third kappa shape index (κ3) is 3.15. The van der Waals surface area contributed by atoms with Crippen LogP contribution >= 0.6 is 0 Å². The third-order valence-corrected chi connectivity index (χ3v) is 4.43. The molecule has 0 radical (unpaired) electrons. The number of aliphatic imine (C=N–C) groups is 1. The standard InChI is InChI=1S/C21H13F2N3O/c22-17-10-20-16(9-15(17)14-7-4-8-25-21(14)23)18(26-12-24)11-19(27-20)13-5-2-1-3-6-13/h1-10,19H,11H2. The molecule has 0 spiro atoms. The number of aromatic nitrogens is 1. The van der Waals surface area contributed by atoms with E-state index in [0.717, 1.165) is 5.56 Å². The van der Waals surface area contributed by atoms with Gasteiger partial charge < -0.3 is 4.74 Å². The van der Waals surface area contributed by atoms with Crippen molar-refractivity contribution >= 4 is 5.71 Å². The maximum atomic E-state index is 14.7. The largest absolute Gasteiger partial charge is 0.485 e. The fraction of sp³-hybridized carbons (Fsp3) is 0.0952. The van der Waals surface area contributed by atoms with Gasteiger partial charge in [0, 0.05) is 35.4 Å². The molecule has 0 N–H and O–H groups in total. The van der Waals surface area contributed by atoms with Crippen LogP contribution in [0.2, 0.25) is 0 Å². The van der Waals surface area contributed by atoms with Gasteiger partial charge in [-0.1, -0.05) is 30.3 Å². The Morgan fingerprint density at radius 3 is 2.59 bits per heavy atom. The summed E-state index contributed by atoms with van der Waals surface area (Å²) < 4.78 is 34.7. The number of nitriles is 1. The number of halogens is 2. The van der Waals surface area contributed by atoms with Crippen LogP contribution in [0.1, 0.15) is 23.7 Å². The van der Waals surface area contributed by atoms with E-state index in [9.17, 15) is 8.78 Å². The average molecular weight is 361 g/mol. The Bertz CT molecular complexity index is 1070. The molecule has 1 aliphatic heterocycles. The molecule has 0 saturated carbocycles. The summed E-state index contributed by atoms with van der Waals surface area (Å²) in [4.78, 5) is 7.47. The summed E-state index contributed by atoms with van der Waals surface area (Å²) in [5, 5.41) is 9.06. The molecule has 1 unspecified atom stereocenters. The van der Waals surface area contributed by atoms with Crippen molar-refractivity contribution in [2.24, 2.45) is 4.99 Å². The van der Waals surface area contributed by atoms with Crippen LogP contribution in [0.25, 0.3) is 11.1 Å². The lowest BCUT2D eigenvalue weighted by Gasteiger charge is -2.28. The Morgan fingerprint density at radius 2 is 1.85 bits per heavy atom. The molecule has 2 aromatic carbocycles. The van der Waals surface area contributed by atoms with Gasteiger partial charge in [-0.15, -0.1) is 0 Å². The number of ether oxygens (including phenoxy) is 1. The van der Waals surface area contributed by atoms with E-state index >= 15 is 0 Å². The Balaban J connectivity index is 1.83. The Labute approximate surface area is 154 Å². The van der Waals surface area contributed by atoms with Gasteiger partial charge in [-0.05, 0) is 23.8 Å². The van der Waals surface area contributed by atoms with Gasteiger partial charge in [-0.25, -0.2) is 9.37 Å². The molecule has 0 amide bonds. The number of nitrogens with zero attached hydrogens (tertiary/aromatic N) is 3. The number of rotatable bonds is 2. The van der Waals surface area contributed by atoms with E-state index in [0.29, 0.717) is 17.7 Å². The summed E-state index contributed by atoms with van der Waals surface area (Å²) in [7, 11) is 0. The third-order valence-electron chi connectivity index (χ3n) is 4.43. The maximum absolute atomic E-state index is 14.7. The van der Waals surface area contributed by atoms with E-state index in [1.54, 1.807) is 6.19 Å². The van der Waals surface area contributed by atoms with Crippen LogP contribution in [0.5, 0.6) is 5.75 Å². The van der Waals surface area contributed by atoms with Crippen molar-refractivity contribution in [1.29, 1.82) is 5.26 Å². The molecule has 0 saturated heterocycles. The first-order valence-corrected chi connectivity index (χ1v) is 8.29. The van der Waals surface area contributed by atoms with Crippen LogP contribution in [0.3, 0.4) is 0 Å². The second kappa shape index (κ2) is 6.96. The quantitative estimate of drug-likeness (QED) is 0.486. The summed E-state index contributed by atoms with van der Waals surface area (Å²) in [6.07, 6.45) is 3.05. The van der Waals surface area contributed by atoms with Gasteiger partial charge in [0.1, 0.15) is 17.7 Å². The molecule has 4 rings (SSSR count). The molecule has 3 aromatic rings. The molecular weight excluding hydrogens is 348 g/mol. The Morgan fingerprint density at radius 1 is 1.04 bits per heavy atom. The van der Waals surface area contributed by atoms with Crippen LogP contribution in [0.15, 0.2) is 65.8 Å². The highest BCUT2D eigenvalue weighted by molar-refractivity contribution is 6.05. The minimum atomic E-state index is -0.769. The summed E-state index contributed by atoms with van der Waals surface area (Å²) in [6.45, 7) is 0. The normalized spacial score (nSPS) is 17.1. The zero-order valence-electron chi connectivity index (χ0n) is 14.1. The van der Waals surface area contributed by atoms with E-state index in [-0.39, 0.29) is 23.0 Å².